The Balaban J connectivity index is 3.42. The number of hydrogen-bond acceptors (Lipinski definition) is 4. The van der Waals surface area contributed by atoms with Gasteiger partial charge in [-0.05, 0) is 12.1 Å². The minimum atomic E-state index is -1.22. The summed E-state index contributed by atoms with van der Waals surface area (Å²) in [6, 6.07) is 2.74. The molecule has 0 heterocycles. The van der Waals surface area contributed by atoms with Gasteiger partial charge < -0.3 is 20.7 Å². The van der Waals surface area contributed by atoms with Crippen molar-refractivity contribution in [1.29, 1.82) is 0 Å². The first-order valence-electron chi connectivity index (χ1n) is 3.94. The highest BCUT2D eigenvalue weighted by atomic mass is 16.5. The average Bonchev–Trinajstić information content (AvgIpc) is 2.16. The molecule has 76 valence electrons. The second-order valence-electron chi connectivity index (χ2n) is 2.65. The van der Waals surface area contributed by atoms with Crippen molar-refractivity contribution in [2.75, 3.05) is 7.11 Å². The van der Waals surface area contributed by atoms with Crippen molar-refractivity contribution >= 4 is 5.97 Å². The third-order valence-corrected chi connectivity index (χ3v) is 1.89. The summed E-state index contributed by atoms with van der Waals surface area (Å²) in [6.45, 7) is -0.000787. The molecule has 0 aliphatic heterocycles. The van der Waals surface area contributed by atoms with Gasteiger partial charge in [-0.3, -0.25) is 0 Å². The lowest BCUT2D eigenvalue weighted by atomic mass is 10.1. The van der Waals surface area contributed by atoms with Gasteiger partial charge in [0.2, 0.25) is 0 Å². The first-order valence-corrected chi connectivity index (χ1v) is 3.94. The Bertz CT molecular complexity index is 362. The number of methoxy groups -OCH3 is 1. The van der Waals surface area contributed by atoms with E-state index in [9.17, 15) is 9.90 Å². The van der Waals surface area contributed by atoms with Gasteiger partial charge in [0.1, 0.15) is 17.1 Å². The predicted molar refractivity (Wildman–Crippen MR) is 49.5 cm³/mol. The number of benzene rings is 1. The van der Waals surface area contributed by atoms with Crippen LogP contribution in [-0.2, 0) is 6.54 Å². The van der Waals surface area contributed by atoms with E-state index in [4.69, 9.17) is 15.6 Å². The Kier molecular flexibility index (Phi) is 2.93. The van der Waals surface area contributed by atoms with Gasteiger partial charge in [-0.2, -0.15) is 0 Å². The van der Waals surface area contributed by atoms with Crippen LogP contribution in [-0.4, -0.2) is 23.3 Å². The number of nitrogens with two attached hydrogens (primary N) is 1. The molecule has 0 fully saturated rings. The molecule has 14 heavy (non-hydrogen) atoms. The molecule has 0 aliphatic carbocycles. The summed E-state index contributed by atoms with van der Waals surface area (Å²) >= 11 is 0. The molecule has 1 aromatic carbocycles. The smallest absolute Gasteiger partial charge is 0.339 e. The Labute approximate surface area is 80.7 Å². The van der Waals surface area contributed by atoms with Crippen molar-refractivity contribution in [1.82, 2.24) is 0 Å². The largest absolute Gasteiger partial charge is 0.507 e. The molecule has 0 spiro atoms. The summed E-state index contributed by atoms with van der Waals surface area (Å²) in [6.07, 6.45) is 0. The minimum Gasteiger partial charge on any atom is -0.507 e. The fourth-order valence-corrected chi connectivity index (χ4v) is 1.25. The summed E-state index contributed by atoms with van der Waals surface area (Å²) in [4.78, 5) is 10.8. The summed E-state index contributed by atoms with van der Waals surface area (Å²) in [5, 5.41) is 18.1. The molecule has 1 rings (SSSR count). The van der Waals surface area contributed by atoms with Gasteiger partial charge in [0.15, 0.2) is 0 Å². The number of aromatic hydroxyl groups is 1. The number of carboxylic acid groups (broad SMARTS) is 1. The Morgan fingerprint density at radius 2 is 2.21 bits per heavy atom. The quantitative estimate of drug-likeness (QED) is 0.658. The third kappa shape index (κ3) is 1.62. The Morgan fingerprint density at radius 3 is 2.64 bits per heavy atom. The van der Waals surface area contributed by atoms with Gasteiger partial charge >= 0.3 is 5.97 Å². The Hall–Kier alpha value is -1.75. The number of carboxylic acids is 1. The summed E-state index contributed by atoms with van der Waals surface area (Å²) < 4.78 is 4.93. The van der Waals surface area contributed by atoms with E-state index in [0.717, 1.165) is 0 Å². The SMILES string of the molecule is COc1ccc(O)c(C(=O)O)c1CN. The third-order valence-electron chi connectivity index (χ3n) is 1.89. The van der Waals surface area contributed by atoms with Crippen LogP contribution in [0.2, 0.25) is 0 Å². The van der Waals surface area contributed by atoms with Gasteiger partial charge in [-0.15, -0.1) is 0 Å². The van der Waals surface area contributed by atoms with E-state index in [1.165, 1.54) is 19.2 Å². The van der Waals surface area contributed by atoms with E-state index in [1.807, 2.05) is 0 Å². The molecule has 0 amide bonds. The molecule has 1 aromatic rings. The molecule has 0 aromatic heterocycles. The highest BCUT2D eigenvalue weighted by Crippen LogP contribution is 2.29. The van der Waals surface area contributed by atoms with Gasteiger partial charge in [-0.1, -0.05) is 0 Å². The second kappa shape index (κ2) is 3.97. The number of phenols is 1. The number of carbonyl (C=O) groups is 1. The zero-order valence-electron chi connectivity index (χ0n) is 7.65. The van der Waals surface area contributed by atoms with Gasteiger partial charge in [0.25, 0.3) is 0 Å². The van der Waals surface area contributed by atoms with Crippen molar-refractivity contribution in [3.8, 4) is 11.5 Å². The number of ether oxygens (including phenoxy) is 1. The molecule has 0 bridgehead atoms. The van der Waals surface area contributed by atoms with Gasteiger partial charge in [-0.25, -0.2) is 4.79 Å². The first kappa shape index (κ1) is 10.3. The maximum Gasteiger partial charge on any atom is 0.339 e. The van der Waals surface area contributed by atoms with E-state index < -0.39 is 5.97 Å². The molecule has 4 N–H and O–H groups in total. The molecular weight excluding hydrogens is 186 g/mol. The highest BCUT2D eigenvalue weighted by molar-refractivity contribution is 5.93. The number of rotatable bonds is 3. The topological polar surface area (TPSA) is 92.8 Å². The van der Waals surface area contributed by atoms with Crippen LogP contribution in [0, 0.1) is 0 Å². The summed E-state index contributed by atoms with van der Waals surface area (Å²) in [5.41, 5.74) is 5.47. The maximum atomic E-state index is 10.8. The predicted octanol–water partition coefficient (Wildman–Crippen LogP) is 0.558. The van der Waals surface area contributed by atoms with Crippen LogP contribution in [0.15, 0.2) is 12.1 Å². The van der Waals surface area contributed by atoms with Crippen LogP contribution >= 0.6 is 0 Å². The molecular formula is C9H11NO4. The first-order chi connectivity index (χ1) is 6.61. The molecule has 0 aliphatic rings. The lowest BCUT2D eigenvalue weighted by Crippen LogP contribution is -2.09. The molecule has 0 unspecified atom stereocenters. The van der Waals surface area contributed by atoms with Crippen molar-refractivity contribution in [2.24, 2.45) is 5.73 Å². The van der Waals surface area contributed by atoms with E-state index in [-0.39, 0.29) is 17.9 Å². The molecule has 5 nitrogen and oxygen atoms in total. The van der Waals surface area contributed by atoms with Crippen molar-refractivity contribution in [3.63, 3.8) is 0 Å². The van der Waals surface area contributed by atoms with E-state index >= 15 is 0 Å². The molecule has 0 saturated heterocycles. The lowest BCUT2D eigenvalue weighted by molar-refractivity contribution is 0.0692. The fourth-order valence-electron chi connectivity index (χ4n) is 1.25. The van der Waals surface area contributed by atoms with Gasteiger partial charge in [0.05, 0.1) is 7.11 Å². The van der Waals surface area contributed by atoms with Crippen LogP contribution < -0.4 is 10.5 Å². The van der Waals surface area contributed by atoms with E-state index in [0.29, 0.717) is 11.3 Å². The van der Waals surface area contributed by atoms with Crippen molar-refractivity contribution < 1.29 is 19.7 Å². The highest BCUT2D eigenvalue weighted by Gasteiger charge is 2.18. The molecule has 0 radical (unpaired) electrons. The van der Waals surface area contributed by atoms with Crippen molar-refractivity contribution in [2.45, 2.75) is 6.54 Å². The van der Waals surface area contributed by atoms with E-state index in [2.05, 4.69) is 0 Å². The summed E-state index contributed by atoms with van der Waals surface area (Å²) in [7, 11) is 1.41. The zero-order valence-corrected chi connectivity index (χ0v) is 7.65. The standard InChI is InChI=1S/C9H11NO4/c1-14-7-3-2-6(11)8(9(12)13)5(7)4-10/h2-3,11H,4,10H2,1H3,(H,12,13). The van der Waals surface area contributed by atoms with Crippen molar-refractivity contribution in [3.05, 3.63) is 23.3 Å². The van der Waals surface area contributed by atoms with Crippen LogP contribution in [0.4, 0.5) is 0 Å². The monoisotopic (exact) mass is 197 g/mol. The molecule has 0 saturated carbocycles. The lowest BCUT2D eigenvalue weighted by Gasteiger charge is -2.10. The van der Waals surface area contributed by atoms with Gasteiger partial charge in [0, 0.05) is 12.1 Å². The molecule has 5 heteroatoms. The second-order valence-corrected chi connectivity index (χ2v) is 2.65. The van der Waals surface area contributed by atoms with Crippen LogP contribution in [0.25, 0.3) is 0 Å². The fraction of sp³-hybridized carbons (Fsp3) is 0.222. The number of aromatic carboxylic acids is 1. The zero-order chi connectivity index (χ0) is 10.7. The Morgan fingerprint density at radius 1 is 1.57 bits per heavy atom. The van der Waals surface area contributed by atoms with Crippen LogP contribution in [0.3, 0.4) is 0 Å². The average molecular weight is 197 g/mol. The normalized spacial score (nSPS) is 9.86. The summed E-state index contributed by atoms with van der Waals surface area (Å²) in [5.74, 6) is -1.16. The van der Waals surface area contributed by atoms with Crippen LogP contribution in [0.5, 0.6) is 11.5 Å². The minimum absolute atomic E-state index is 0.000787. The molecule has 0 atom stereocenters. The van der Waals surface area contributed by atoms with E-state index in [1.54, 1.807) is 0 Å². The number of hydrogen-bond donors (Lipinski definition) is 3. The maximum absolute atomic E-state index is 10.8. The van der Waals surface area contributed by atoms with Crippen LogP contribution in [0.1, 0.15) is 15.9 Å².